The molecule has 0 bridgehead atoms. The summed E-state index contributed by atoms with van der Waals surface area (Å²) in [5.74, 6) is 0.0164. The molecule has 1 atom stereocenters. The molecule has 18 heavy (non-hydrogen) atoms. The smallest absolute Gasteiger partial charge is 0.134 e. The fraction of sp³-hybridized carbons (Fsp3) is 0.500. The minimum Gasteiger partial charge on any atom is -0.506 e. The number of phenols is 1. The van der Waals surface area contributed by atoms with Crippen molar-refractivity contribution in [2.24, 2.45) is 0 Å². The lowest BCUT2D eigenvalue weighted by molar-refractivity contribution is 0.0562. The predicted octanol–water partition coefficient (Wildman–Crippen LogP) is 1.89. The number of nitrogens with zero attached hydrogens (tertiary/aromatic N) is 1. The van der Waals surface area contributed by atoms with Gasteiger partial charge in [-0.3, -0.25) is 4.90 Å². The maximum atomic E-state index is 9.65. The molecule has 4 nitrogen and oxygen atoms in total. The van der Waals surface area contributed by atoms with Gasteiger partial charge in [-0.15, -0.1) is 0 Å². The molecule has 2 rings (SSSR count). The third-order valence-corrected chi connectivity index (χ3v) is 3.65. The highest BCUT2D eigenvalue weighted by Gasteiger charge is 2.19. The summed E-state index contributed by atoms with van der Waals surface area (Å²) in [6, 6.07) is 3.08. The van der Waals surface area contributed by atoms with Crippen LogP contribution in [-0.2, 0) is 11.3 Å². The Bertz CT molecular complexity index is 428. The van der Waals surface area contributed by atoms with Gasteiger partial charge < -0.3 is 14.9 Å². The molecule has 2 N–H and O–H groups in total. The van der Waals surface area contributed by atoms with Gasteiger partial charge in [-0.2, -0.15) is 0 Å². The molecule has 0 unspecified atom stereocenters. The summed E-state index contributed by atoms with van der Waals surface area (Å²) in [7, 11) is 0. The second-order valence-corrected chi connectivity index (χ2v) is 5.11. The molecule has 0 amide bonds. The lowest BCUT2D eigenvalue weighted by Gasteiger charge is -2.22. The molecule has 0 radical (unpaired) electrons. The Balaban J connectivity index is 2.15. The van der Waals surface area contributed by atoms with Crippen LogP contribution in [0.3, 0.4) is 0 Å². The Labute approximate surface area is 116 Å². The normalized spacial score (nSPS) is 21.8. The van der Waals surface area contributed by atoms with Crippen molar-refractivity contribution in [3.8, 4) is 5.75 Å². The van der Waals surface area contributed by atoms with E-state index in [4.69, 9.17) is 27.9 Å². The van der Waals surface area contributed by atoms with Crippen molar-refractivity contribution >= 4 is 23.2 Å². The summed E-state index contributed by atoms with van der Waals surface area (Å²) in [5.41, 5.74) is 0.674. The van der Waals surface area contributed by atoms with Gasteiger partial charge in [0.1, 0.15) is 5.75 Å². The van der Waals surface area contributed by atoms with E-state index in [1.54, 1.807) is 6.07 Å². The van der Waals surface area contributed by atoms with E-state index < -0.39 is 6.10 Å². The Hall–Kier alpha value is -0.520. The summed E-state index contributed by atoms with van der Waals surface area (Å²) in [4.78, 5) is 2.00. The molecule has 0 aliphatic carbocycles. The van der Waals surface area contributed by atoms with Crippen LogP contribution in [0.4, 0.5) is 0 Å². The molecule has 1 aliphatic heterocycles. The Morgan fingerprint density at radius 2 is 2.17 bits per heavy atom. The van der Waals surface area contributed by atoms with Crippen LogP contribution in [0, 0.1) is 0 Å². The molecular formula is C12H15Cl2NO3. The number of hydrogen-bond acceptors (Lipinski definition) is 4. The predicted molar refractivity (Wildman–Crippen MR) is 70.2 cm³/mol. The van der Waals surface area contributed by atoms with Crippen LogP contribution in [0.1, 0.15) is 5.56 Å². The third kappa shape index (κ3) is 3.28. The van der Waals surface area contributed by atoms with Crippen molar-refractivity contribution in [2.75, 3.05) is 26.3 Å². The Kier molecular flexibility index (Phi) is 4.70. The number of halogens is 2. The highest BCUT2D eigenvalue weighted by atomic mass is 35.5. The van der Waals surface area contributed by atoms with Crippen LogP contribution in [-0.4, -0.2) is 47.5 Å². The average Bonchev–Trinajstić information content (AvgIpc) is 2.54. The maximum absolute atomic E-state index is 9.65. The number of rotatable bonds is 2. The second kappa shape index (κ2) is 6.08. The first-order valence-electron chi connectivity index (χ1n) is 5.72. The first-order chi connectivity index (χ1) is 8.58. The maximum Gasteiger partial charge on any atom is 0.134 e. The van der Waals surface area contributed by atoms with Gasteiger partial charge in [0.2, 0.25) is 0 Å². The van der Waals surface area contributed by atoms with Crippen LogP contribution in [0.2, 0.25) is 10.0 Å². The van der Waals surface area contributed by atoms with E-state index in [1.807, 2.05) is 4.90 Å². The minimum absolute atomic E-state index is 0.0164. The zero-order valence-corrected chi connectivity index (χ0v) is 11.3. The largest absolute Gasteiger partial charge is 0.506 e. The minimum atomic E-state index is -0.512. The average molecular weight is 292 g/mol. The molecule has 1 saturated heterocycles. The highest BCUT2D eigenvalue weighted by Crippen LogP contribution is 2.33. The number of phenolic OH excluding ortho intramolecular Hbond substituents is 1. The third-order valence-electron chi connectivity index (χ3n) is 2.88. The van der Waals surface area contributed by atoms with E-state index in [-0.39, 0.29) is 10.8 Å². The van der Waals surface area contributed by atoms with Crippen LogP contribution >= 0.6 is 23.2 Å². The first-order valence-corrected chi connectivity index (χ1v) is 6.47. The number of aromatic hydroxyl groups is 1. The summed E-state index contributed by atoms with van der Waals surface area (Å²) in [6.45, 7) is 2.58. The molecule has 1 aromatic carbocycles. The molecule has 1 aromatic rings. The van der Waals surface area contributed by atoms with Gasteiger partial charge in [-0.1, -0.05) is 23.2 Å². The second-order valence-electron chi connectivity index (χ2n) is 4.32. The van der Waals surface area contributed by atoms with E-state index in [2.05, 4.69) is 0 Å². The Morgan fingerprint density at radius 3 is 2.94 bits per heavy atom. The van der Waals surface area contributed by atoms with Gasteiger partial charge in [-0.25, -0.2) is 0 Å². The summed E-state index contributed by atoms with van der Waals surface area (Å²) in [5, 5.41) is 20.0. The fourth-order valence-corrected chi connectivity index (χ4v) is 2.44. The van der Waals surface area contributed by atoms with E-state index in [9.17, 15) is 10.2 Å². The van der Waals surface area contributed by atoms with Gasteiger partial charge in [0, 0.05) is 30.2 Å². The molecule has 100 valence electrons. The molecule has 1 heterocycles. The lowest BCUT2D eigenvalue weighted by atomic mass is 10.2. The number of ether oxygens (including phenoxy) is 1. The Morgan fingerprint density at radius 1 is 1.39 bits per heavy atom. The molecule has 1 fully saturated rings. The number of aliphatic hydroxyl groups is 1. The zero-order chi connectivity index (χ0) is 13.1. The molecular weight excluding hydrogens is 277 g/mol. The van der Waals surface area contributed by atoms with E-state index >= 15 is 0 Å². The van der Waals surface area contributed by atoms with Gasteiger partial charge in [-0.05, 0) is 12.1 Å². The van der Waals surface area contributed by atoms with E-state index in [1.165, 1.54) is 6.07 Å². The molecule has 0 aromatic heterocycles. The van der Waals surface area contributed by atoms with Crippen LogP contribution in [0.15, 0.2) is 12.1 Å². The topological polar surface area (TPSA) is 52.9 Å². The zero-order valence-electron chi connectivity index (χ0n) is 9.77. The number of aliphatic hydroxyl groups excluding tert-OH is 1. The molecule has 6 heteroatoms. The van der Waals surface area contributed by atoms with Crippen molar-refractivity contribution in [1.29, 1.82) is 0 Å². The monoisotopic (exact) mass is 291 g/mol. The first kappa shape index (κ1) is 13.9. The molecule has 0 saturated carbocycles. The molecule has 1 aliphatic rings. The SMILES string of the molecule is Oc1ccc(Cl)c(CN2CCOC[C@@H](O)C2)c1Cl. The van der Waals surface area contributed by atoms with Crippen LogP contribution in [0.25, 0.3) is 0 Å². The fourth-order valence-electron chi connectivity index (χ4n) is 1.95. The highest BCUT2D eigenvalue weighted by molar-refractivity contribution is 6.36. The van der Waals surface area contributed by atoms with Crippen molar-refractivity contribution in [1.82, 2.24) is 4.90 Å². The van der Waals surface area contributed by atoms with Gasteiger partial charge in [0.05, 0.1) is 24.3 Å². The van der Waals surface area contributed by atoms with Crippen molar-refractivity contribution in [2.45, 2.75) is 12.6 Å². The molecule has 0 spiro atoms. The van der Waals surface area contributed by atoms with Crippen LogP contribution in [0.5, 0.6) is 5.75 Å². The van der Waals surface area contributed by atoms with Gasteiger partial charge in [0.25, 0.3) is 0 Å². The summed E-state index contributed by atoms with van der Waals surface area (Å²) >= 11 is 12.1. The quantitative estimate of drug-likeness (QED) is 0.874. The standard InChI is InChI=1S/C12H15Cl2NO3/c13-10-1-2-11(17)12(14)9(10)6-15-3-4-18-7-8(16)5-15/h1-2,8,16-17H,3-7H2/t8-/m0/s1. The van der Waals surface area contributed by atoms with Gasteiger partial charge >= 0.3 is 0 Å². The van der Waals surface area contributed by atoms with E-state index in [0.29, 0.717) is 43.4 Å². The van der Waals surface area contributed by atoms with Crippen molar-refractivity contribution in [3.05, 3.63) is 27.7 Å². The lowest BCUT2D eigenvalue weighted by Crippen LogP contribution is -2.32. The number of hydrogen-bond donors (Lipinski definition) is 2. The van der Waals surface area contributed by atoms with Crippen molar-refractivity contribution < 1.29 is 14.9 Å². The number of β-amino-alcohol motifs (C(OH)–C–C–N with tert-alkyl or cyclic N) is 1. The van der Waals surface area contributed by atoms with Gasteiger partial charge in [0.15, 0.2) is 0 Å². The van der Waals surface area contributed by atoms with Crippen LogP contribution < -0.4 is 0 Å². The summed E-state index contributed by atoms with van der Waals surface area (Å²) in [6.07, 6.45) is -0.512. The van der Waals surface area contributed by atoms with Crippen molar-refractivity contribution in [3.63, 3.8) is 0 Å². The number of benzene rings is 1. The van der Waals surface area contributed by atoms with E-state index in [0.717, 1.165) is 0 Å². The summed E-state index contributed by atoms with van der Waals surface area (Å²) < 4.78 is 5.25.